The van der Waals surface area contributed by atoms with Crippen molar-refractivity contribution in [2.75, 3.05) is 13.1 Å². The Labute approximate surface area is 205 Å². The molecule has 0 bridgehead atoms. The second-order valence-corrected chi connectivity index (χ2v) is 10.2. The van der Waals surface area contributed by atoms with Gasteiger partial charge in [0.15, 0.2) is 0 Å². The number of fused-ring (bicyclic) bond motifs is 1. The van der Waals surface area contributed by atoms with Crippen molar-refractivity contribution in [2.24, 2.45) is 7.05 Å². The number of imidazole rings is 1. The monoisotopic (exact) mass is 498 g/mol. The minimum Gasteiger partial charge on any atom is -0.467 e. The maximum absolute atomic E-state index is 13.1. The van der Waals surface area contributed by atoms with Gasteiger partial charge in [0.05, 0.1) is 41.5 Å². The summed E-state index contributed by atoms with van der Waals surface area (Å²) in [4.78, 5) is 19.7. The van der Waals surface area contributed by atoms with Crippen molar-refractivity contribution in [2.45, 2.75) is 44.7 Å². The summed E-state index contributed by atoms with van der Waals surface area (Å²) in [5.74, 6) is 2.03. The molecule has 3 heterocycles. The molecule has 1 amide bonds. The highest BCUT2D eigenvalue weighted by Crippen LogP contribution is 2.23. The van der Waals surface area contributed by atoms with Gasteiger partial charge >= 0.3 is 0 Å². The summed E-state index contributed by atoms with van der Waals surface area (Å²) >= 11 is 0. The van der Waals surface area contributed by atoms with Gasteiger partial charge in [-0.15, -0.1) is 0 Å². The first kappa shape index (κ1) is 24.7. The molecule has 0 saturated carbocycles. The largest absolute Gasteiger partial charge is 0.467 e. The number of aryl methyl sites for hydroxylation is 2. The topological polar surface area (TPSA) is 102 Å². The number of amides is 1. The molecule has 3 aromatic heterocycles. The maximum Gasteiger partial charge on any atom is 0.243 e. The van der Waals surface area contributed by atoms with E-state index in [0.717, 1.165) is 5.52 Å². The molecule has 0 aliphatic heterocycles. The number of sulfonamides is 1. The number of hydrogen-bond donors (Lipinski definition) is 0. The molecule has 4 aromatic rings. The van der Waals surface area contributed by atoms with E-state index in [1.807, 2.05) is 37.6 Å². The summed E-state index contributed by atoms with van der Waals surface area (Å²) in [6.45, 7) is 5.11. The summed E-state index contributed by atoms with van der Waals surface area (Å²) in [6, 6.07) is 12.2. The number of aromatic nitrogens is 2. The summed E-state index contributed by atoms with van der Waals surface area (Å²) in [5.41, 5.74) is 1.40. The van der Waals surface area contributed by atoms with Crippen LogP contribution in [0.1, 0.15) is 37.6 Å². The molecule has 0 saturated heterocycles. The third-order valence-electron chi connectivity index (χ3n) is 6.06. The predicted octanol–water partition coefficient (Wildman–Crippen LogP) is 3.95. The van der Waals surface area contributed by atoms with Gasteiger partial charge in [-0.2, -0.15) is 4.31 Å². The molecule has 35 heavy (non-hydrogen) atoms. The van der Waals surface area contributed by atoms with E-state index in [1.54, 1.807) is 47.8 Å². The van der Waals surface area contributed by atoms with Gasteiger partial charge < -0.3 is 18.3 Å². The first-order valence-electron chi connectivity index (χ1n) is 11.6. The van der Waals surface area contributed by atoms with E-state index in [9.17, 15) is 13.2 Å². The number of carbonyl (C=O) groups is 1. The van der Waals surface area contributed by atoms with Gasteiger partial charge in [0.25, 0.3) is 0 Å². The summed E-state index contributed by atoms with van der Waals surface area (Å²) in [6.07, 6.45) is 3.82. The molecular weight excluding hydrogens is 468 g/mol. The Kier molecular flexibility index (Phi) is 7.42. The number of furan rings is 2. The minimum atomic E-state index is -3.58. The molecule has 10 heteroatoms. The molecule has 0 aliphatic carbocycles. The lowest BCUT2D eigenvalue weighted by molar-refractivity contribution is -0.133. The molecule has 0 N–H and O–H groups in total. The third kappa shape index (κ3) is 5.33. The Hall–Kier alpha value is -3.37. The van der Waals surface area contributed by atoms with Crippen LogP contribution in [0.3, 0.4) is 0 Å². The molecule has 9 nitrogen and oxygen atoms in total. The van der Waals surface area contributed by atoms with Crippen LogP contribution in [0, 0.1) is 0 Å². The Balaban J connectivity index is 1.52. The molecule has 4 rings (SSSR count). The second kappa shape index (κ2) is 10.5. The maximum atomic E-state index is 13.1. The fourth-order valence-electron chi connectivity index (χ4n) is 4.12. The van der Waals surface area contributed by atoms with Crippen LogP contribution >= 0.6 is 0 Å². The standard InChI is InChI=1S/C25H30N4O5S/c1-4-29(5-2)35(31,32)21-10-11-23-22(16-21)26-24(27(23)3)12-13-25(30)28(17-19-8-6-14-33-19)18-20-9-7-15-34-20/h6-11,14-16H,4-5,12-13,17-18H2,1-3H3. The molecule has 0 spiro atoms. The van der Waals surface area contributed by atoms with E-state index in [1.165, 1.54) is 4.31 Å². The lowest BCUT2D eigenvalue weighted by atomic mass is 10.2. The Morgan fingerprint density at radius 2 is 1.63 bits per heavy atom. The highest BCUT2D eigenvalue weighted by molar-refractivity contribution is 7.89. The van der Waals surface area contributed by atoms with Crippen molar-refractivity contribution < 1.29 is 22.0 Å². The zero-order chi connectivity index (χ0) is 25.0. The van der Waals surface area contributed by atoms with Gasteiger partial charge in [0, 0.05) is 33.0 Å². The van der Waals surface area contributed by atoms with Crippen molar-refractivity contribution in [3.05, 3.63) is 72.3 Å². The fourth-order valence-corrected chi connectivity index (χ4v) is 5.60. The van der Waals surface area contributed by atoms with E-state index < -0.39 is 10.0 Å². The van der Waals surface area contributed by atoms with E-state index in [4.69, 9.17) is 8.83 Å². The summed E-state index contributed by atoms with van der Waals surface area (Å²) < 4.78 is 40.0. The van der Waals surface area contributed by atoms with Gasteiger partial charge in [-0.3, -0.25) is 4.79 Å². The van der Waals surface area contributed by atoms with Gasteiger partial charge in [0.2, 0.25) is 15.9 Å². The zero-order valence-corrected chi connectivity index (χ0v) is 21.0. The second-order valence-electron chi connectivity index (χ2n) is 8.24. The van der Waals surface area contributed by atoms with Gasteiger partial charge in [-0.05, 0) is 42.5 Å². The molecule has 0 atom stereocenters. The van der Waals surface area contributed by atoms with Crippen LogP contribution in [0.25, 0.3) is 11.0 Å². The minimum absolute atomic E-state index is 0.0605. The molecule has 1 aromatic carbocycles. The van der Waals surface area contributed by atoms with E-state index in [0.29, 0.717) is 55.5 Å². The van der Waals surface area contributed by atoms with Crippen molar-refractivity contribution in [3.63, 3.8) is 0 Å². The molecule has 0 fully saturated rings. The number of carbonyl (C=O) groups excluding carboxylic acids is 1. The van der Waals surface area contributed by atoms with E-state index in [2.05, 4.69) is 4.98 Å². The number of hydrogen-bond acceptors (Lipinski definition) is 6. The molecule has 0 aliphatic rings. The van der Waals surface area contributed by atoms with Crippen LogP contribution in [0.2, 0.25) is 0 Å². The van der Waals surface area contributed by atoms with Gasteiger partial charge in [0.1, 0.15) is 17.3 Å². The molecular formula is C25H30N4O5S. The van der Waals surface area contributed by atoms with E-state index in [-0.39, 0.29) is 17.2 Å². The van der Waals surface area contributed by atoms with Crippen molar-refractivity contribution in [1.82, 2.24) is 18.8 Å². The number of rotatable bonds is 11. The number of nitrogens with zero attached hydrogens (tertiary/aromatic N) is 4. The zero-order valence-electron chi connectivity index (χ0n) is 20.2. The lowest BCUT2D eigenvalue weighted by Gasteiger charge is -2.20. The number of benzene rings is 1. The van der Waals surface area contributed by atoms with Crippen molar-refractivity contribution >= 4 is 27.0 Å². The SMILES string of the molecule is CCN(CC)S(=O)(=O)c1ccc2c(c1)nc(CCC(=O)N(Cc1ccco1)Cc1ccco1)n2C. The highest BCUT2D eigenvalue weighted by atomic mass is 32.2. The predicted molar refractivity (Wildman–Crippen MR) is 131 cm³/mol. The Bertz CT molecular complexity index is 1330. The van der Waals surface area contributed by atoms with Crippen LogP contribution < -0.4 is 0 Å². The normalized spacial score (nSPS) is 12.0. The quantitative estimate of drug-likeness (QED) is 0.310. The highest BCUT2D eigenvalue weighted by Gasteiger charge is 2.23. The average molecular weight is 499 g/mol. The lowest BCUT2D eigenvalue weighted by Crippen LogP contribution is -2.30. The van der Waals surface area contributed by atoms with E-state index >= 15 is 0 Å². The smallest absolute Gasteiger partial charge is 0.243 e. The average Bonchev–Trinajstić information content (AvgIpc) is 3.60. The first-order valence-corrected chi connectivity index (χ1v) is 13.1. The fraction of sp³-hybridized carbons (Fsp3) is 0.360. The molecule has 0 unspecified atom stereocenters. The summed E-state index contributed by atoms with van der Waals surface area (Å²) in [5, 5.41) is 0. The van der Waals surface area contributed by atoms with Gasteiger partial charge in [-0.25, -0.2) is 13.4 Å². The summed E-state index contributed by atoms with van der Waals surface area (Å²) in [7, 11) is -1.71. The van der Waals surface area contributed by atoms with Crippen LogP contribution in [0.4, 0.5) is 0 Å². The van der Waals surface area contributed by atoms with Crippen LogP contribution in [-0.2, 0) is 41.4 Å². The molecule has 0 radical (unpaired) electrons. The Morgan fingerprint density at radius 3 is 2.17 bits per heavy atom. The van der Waals surface area contributed by atoms with Gasteiger partial charge in [-0.1, -0.05) is 13.8 Å². The Morgan fingerprint density at radius 1 is 1.00 bits per heavy atom. The molecule has 186 valence electrons. The third-order valence-corrected chi connectivity index (χ3v) is 8.10. The first-order chi connectivity index (χ1) is 16.8. The van der Waals surface area contributed by atoms with Crippen LogP contribution in [0.5, 0.6) is 0 Å². The van der Waals surface area contributed by atoms with Crippen molar-refractivity contribution in [3.8, 4) is 0 Å². The van der Waals surface area contributed by atoms with Crippen molar-refractivity contribution in [1.29, 1.82) is 0 Å². The van der Waals surface area contributed by atoms with Crippen LogP contribution in [-0.4, -0.2) is 46.2 Å². The van der Waals surface area contributed by atoms with Crippen LogP contribution in [0.15, 0.2) is 68.7 Å².